The van der Waals surface area contributed by atoms with Crippen molar-refractivity contribution in [3.05, 3.63) is 60.7 Å². The molecule has 0 N–H and O–H groups in total. The first kappa shape index (κ1) is 30.3. The highest BCUT2D eigenvalue weighted by molar-refractivity contribution is 8.02. The van der Waals surface area contributed by atoms with E-state index in [1.165, 1.54) is 0 Å². The number of hydrogen-bond donors (Lipinski definition) is 0. The predicted molar refractivity (Wildman–Crippen MR) is 154 cm³/mol. The van der Waals surface area contributed by atoms with Gasteiger partial charge in [0, 0.05) is 24.3 Å². The van der Waals surface area contributed by atoms with E-state index >= 15 is 0 Å². The molecule has 0 bridgehead atoms. The fraction of sp³-hybridized carbons (Fsp3) is 0.533. The Kier molecular flexibility index (Phi) is 13.5. The van der Waals surface area contributed by atoms with Gasteiger partial charge in [-0.2, -0.15) is 23.5 Å². The molecule has 0 aliphatic rings. The number of rotatable bonds is 17. The zero-order valence-electron chi connectivity index (χ0n) is 22.3. The van der Waals surface area contributed by atoms with Crippen molar-refractivity contribution in [3.63, 3.8) is 0 Å². The van der Waals surface area contributed by atoms with Crippen molar-refractivity contribution in [2.24, 2.45) is 10.8 Å². The molecule has 0 amide bonds. The molecule has 0 saturated carbocycles. The van der Waals surface area contributed by atoms with Gasteiger partial charge < -0.3 is 9.47 Å². The smallest absolute Gasteiger partial charge is 0.311 e. The SMILES string of the molecule is CC(C)(CCSCCSCCC(C)(C)CCC(=O)Oc1ccccc1)CCC(=O)Oc1ccccc1. The number of benzene rings is 2. The maximum absolute atomic E-state index is 12.1. The van der Waals surface area contributed by atoms with Crippen LogP contribution in [0, 0.1) is 10.8 Å². The molecular weight excluding hydrogens is 488 g/mol. The van der Waals surface area contributed by atoms with Crippen LogP contribution in [-0.2, 0) is 9.59 Å². The van der Waals surface area contributed by atoms with Gasteiger partial charge in [-0.25, -0.2) is 0 Å². The van der Waals surface area contributed by atoms with Crippen LogP contribution in [0.3, 0.4) is 0 Å². The summed E-state index contributed by atoms with van der Waals surface area (Å²) in [6.07, 6.45) is 4.74. The summed E-state index contributed by atoms with van der Waals surface area (Å²) in [5.41, 5.74) is 0.253. The average Bonchev–Trinajstić information content (AvgIpc) is 2.84. The van der Waals surface area contributed by atoms with Gasteiger partial charge in [0.1, 0.15) is 11.5 Å². The Morgan fingerprint density at radius 3 is 1.31 bits per heavy atom. The van der Waals surface area contributed by atoms with Gasteiger partial charge in [-0.1, -0.05) is 64.1 Å². The summed E-state index contributed by atoms with van der Waals surface area (Å²) in [6.45, 7) is 8.93. The molecule has 0 radical (unpaired) electrons. The molecule has 0 spiro atoms. The minimum absolute atomic E-state index is 0.127. The van der Waals surface area contributed by atoms with Gasteiger partial charge in [0.05, 0.1) is 0 Å². The fourth-order valence-corrected chi connectivity index (χ4v) is 6.24. The number of carbonyl (C=O) groups excluding carboxylic acids is 2. The van der Waals surface area contributed by atoms with E-state index < -0.39 is 0 Å². The molecule has 2 aromatic carbocycles. The van der Waals surface area contributed by atoms with Crippen molar-refractivity contribution in [1.82, 2.24) is 0 Å². The number of thioether (sulfide) groups is 2. The summed E-state index contributed by atoms with van der Waals surface area (Å²) in [5.74, 6) is 5.40. The summed E-state index contributed by atoms with van der Waals surface area (Å²) in [6, 6.07) is 18.5. The molecule has 0 unspecified atom stereocenters. The van der Waals surface area contributed by atoms with Crippen LogP contribution in [0.15, 0.2) is 60.7 Å². The van der Waals surface area contributed by atoms with E-state index in [4.69, 9.17) is 9.47 Å². The molecule has 36 heavy (non-hydrogen) atoms. The highest BCUT2D eigenvalue weighted by Gasteiger charge is 2.21. The molecule has 2 rings (SSSR count). The zero-order chi connectivity index (χ0) is 26.3. The molecule has 0 aromatic heterocycles. The molecule has 6 heteroatoms. The van der Waals surface area contributed by atoms with Crippen LogP contribution in [0.5, 0.6) is 11.5 Å². The molecule has 0 saturated heterocycles. The average molecular weight is 531 g/mol. The van der Waals surface area contributed by atoms with E-state index in [-0.39, 0.29) is 22.8 Å². The monoisotopic (exact) mass is 530 g/mol. The third-order valence-corrected chi connectivity index (χ3v) is 8.41. The van der Waals surface area contributed by atoms with Crippen LogP contribution in [0.1, 0.15) is 66.2 Å². The first-order valence-corrected chi connectivity index (χ1v) is 15.1. The molecule has 198 valence electrons. The minimum atomic E-state index is -0.158. The largest absolute Gasteiger partial charge is 0.427 e. The number of hydrogen-bond acceptors (Lipinski definition) is 6. The van der Waals surface area contributed by atoms with Crippen molar-refractivity contribution < 1.29 is 19.1 Å². The van der Waals surface area contributed by atoms with Gasteiger partial charge in [-0.3, -0.25) is 9.59 Å². The lowest BCUT2D eigenvalue weighted by Crippen LogP contribution is -2.17. The minimum Gasteiger partial charge on any atom is -0.427 e. The second kappa shape index (κ2) is 16.0. The standard InChI is InChI=1S/C30H42O4S2/c1-29(2,17-15-27(31)33-25-11-7-5-8-12-25)19-21-35-23-24-36-22-20-30(3,4)18-16-28(32)34-26-13-9-6-10-14-26/h5-14H,15-24H2,1-4H3. The van der Waals surface area contributed by atoms with Crippen LogP contribution in [-0.4, -0.2) is 35.0 Å². The Labute approximate surface area is 226 Å². The van der Waals surface area contributed by atoms with E-state index in [1.54, 1.807) is 0 Å². The number of ether oxygens (including phenoxy) is 2. The Bertz CT molecular complexity index is 822. The quantitative estimate of drug-likeness (QED) is 0.117. The zero-order valence-corrected chi connectivity index (χ0v) is 23.9. The highest BCUT2D eigenvalue weighted by Crippen LogP contribution is 2.30. The van der Waals surface area contributed by atoms with Gasteiger partial charge in [0.15, 0.2) is 0 Å². The van der Waals surface area contributed by atoms with Crippen LogP contribution in [0.4, 0.5) is 0 Å². The summed E-state index contributed by atoms with van der Waals surface area (Å²) < 4.78 is 10.8. The molecule has 0 aliphatic carbocycles. The van der Waals surface area contributed by atoms with E-state index in [9.17, 15) is 9.59 Å². The highest BCUT2D eigenvalue weighted by atomic mass is 32.2. The van der Waals surface area contributed by atoms with Crippen molar-refractivity contribution in [3.8, 4) is 11.5 Å². The summed E-state index contributed by atoms with van der Waals surface area (Å²) in [5, 5.41) is 0. The second-order valence-electron chi connectivity index (χ2n) is 10.6. The van der Waals surface area contributed by atoms with Crippen LogP contribution in [0.2, 0.25) is 0 Å². The van der Waals surface area contributed by atoms with E-state index in [0.717, 1.165) is 48.7 Å². The lowest BCUT2D eigenvalue weighted by Gasteiger charge is -2.24. The van der Waals surface area contributed by atoms with Gasteiger partial charge in [0.25, 0.3) is 0 Å². The Morgan fingerprint density at radius 1 is 0.583 bits per heavy atom. The maximum atomic E-state index is 12.1. The molecule has 0 atom stereocenters. The summed E-state index contributed by atoms with van der Waals surface area (Å²) in [7, 11) is 0. The van der Waals surface area contributed by atoms with Crippen LogP contribution in [0.25, 0.3) is 0 Å². The van der Waals surface area contributed by atoms with Crippen molar-refractivity contribution in [1.29, 1.82) is 0 Å². The van der Waals surface area contributed by atoms with Gasteiger partial charge >= 0.3 is 11.9 Å². The van der Waals surface area contributed by atoms with Crippen LogP contribution >= 0.6 is 23.5 Å². The maximum Gasteiger partial charge on any atom is 0.311 e. The van der Waals surface area contributed by atoms with Gasteiger partial charge in [0.2, 0.25) is 0 Å². The third-order valence-electron chi connectivity index (χ3n) is 6.18. The number of para-hydroxylation sites is 2. The summed E-state index contributed by atoms with van der Waals surface area (Å²) >= 11 is 3.98. The van der Waals surface area contributed by atoms with E-state index in [2.05, 4.69) is 27.7 Å². The molecule has 0 aliphatic heterocycles. The first-order chi connectivity index (χ1) is 17.2. The molecule has 0 fully saturated rings. The second-order valence-corrected chi connectivity index (χ2v) is 13.1. The number of esters is 2. The van der Waals surface area contributed by atoms with Crippen LogP contribution < -0.4 is 9.47 Å². The lowest BCUT2D eigenvalue weighted by molar-refractivity contribution is -0.135. The van der Waals surface area contributed by atoms with E-state index in [1.807, 2.05) is 84.2 Å². The van der Waals surface area contributed by atoms with Crippen molar-refractivity contribution >= 4 is 35.5 Å². The van der Waals surface area contributed by atoms with Crippen molar-refractivity contribution in [2.45, 2.75) is 66.2 Å². The molecule has 4 nitrogen and oxygen atoms in total. The summed E-state index contributed by atoms with van der Waals surface area (Å²) in [4.78, 5) is 24.2. The molecular formula is C30H42O4S2. The topological polar surface area (TPSA) is 52.6 Å². The number of carbonyl (C=O) groups is 2. The van der Waals surface area contributed by atoms with Crippen molar-refractivity contribution in [2.75, 3.05) is 23.0 Å². The third kappa shape index (κ3) is 14.0. The first-order valence-electron chi connectivity index (χ1n) is 12.8. The Balaban J connectivity index is 1.48. The molecule has 0 heterocycles. The molecule has 2 aromatic rings. The Hall–Kier alpha value is -1.92. The predicted octanol–water partition coefficient (Wildman–Crippen LogP) is 8.06. The Morgan fingerprint density at radius 2 is 0.944 bits per heavy atom. The van der Waals surface area contributed by atoms with Gasteiger partial charge in [-0.05, 0) is 72.3 Å². The fourth-order valence-electron chi connectivity index (χ4n) is 3.49. The van der Waals surface area contributed by atoms with E-state index in [0.29, 0.717) is 24.3 Å². The normalized spacial score (nSPS) is 11.8. The lowest BCUT2D eigenvalue weighted by atomic mass is 9.85. The van der Waals surface area contributed by atoms with Gasteiger partial charge in [-0.15, -0.1) is 0 Å².